The number of hydrogen-bond donors (Lipinski definition) is 1. The smallest absolute Gasteiger partial charge is 0.133 e. The Morgan fingerprint density at radius 1 is 1.44 bits per heavy atom. The summed E-state index contributed by atoms with van der Waals surface area (Å²) in [6.45, 7) is 0. The first-order valence-corrected chi connectivity index (χ1v) is 7.51. The van der Waals surface area contributed by atoms with Crippen LogP contribution in [0.5, 0.6) is 5.75 Å². The molecule has 2 nitrogen and oxygen atoms in total. The lowest BCUT2D eigenvalue weighted by atomic mass is 9.77. The zero-order chi connectivity index (χ0) is 12.8. The quantitative estimate of drug-likeness (QED) is 0.927. The molecule has 2 aliphatic carbocycles. The van der Waals surface area contributed by atoms with E-state index >= 15 is 0 Å². The highest BCUT2D eigenvalue weighted by molar-refractivity contribution is 9.10. The van der Waals surface area contributed by atoms with E-state index in [-0.39, 0.29) is 5.54 Å². The molecule has 2 fully saturated rings. The Balaban J connectivity index is 1.78. The molecule has 3 rings (SSSR count). The van der Waals surface area contributed by atoms with Crippen molar-refractivity contribution in [2.75, 3.05) is 7.11 Å². The Bertz CT molecular complexity index is 462. The molecule has 2 N–H and O–H groups in total. The molecule has 0 radical (unpaired) electrons. The molecule has 0 heterocycles. The Kier molecular flexibility index (Phi) is 3.15. The molecule has 0 saturated heterocycles. The highest BCUT2D eigenvalue weighted by Gasteiger charge is 2.48. The van der Waals surface area contributed by atoms with Crippen molar-refractivity contribution in [1.29, 1.82) is 0 Å². The molecule has 0 amide bonds. The number of nitrogens with two attached hydrogens (primary N) is 1. The minimum atomic E-state index is 0.0386. The molecule has 1 aromatic carbocycles. The third kappa shape index (κ3) is 2.08. The van der Waals surface area contributed by atoms with Gasteiger partial charge in [-0.3, -0.25) is 0 Å². The van der Waals surface area contributed by atoms with Crippen molar-refractivity contribution >= 4 is 15.9 Å². The molecule has 0 spiro atoms. The van der Waals surface area contributed by atoms with E-state index in [1.54, 1.807) is 7.11 Å². The van der Waals surface area contributed by atoms with Crippen LogP contribution in [0.25, 0.3) is 0 Å². The van der Waals surface area contributed by atoms with Gasteiger partial charge < -0.3 is 10.5 Å². The van der Waals surface area contributed by atoms with Crippen molar-refractivity contribution in [3.63, 3.8) is 0 Å². The second-order valence-electron chi connectivity index (χ2n) is 5.96. The van der Waals surface area contributed by atoms with Crippen LogP contribution in [-0.2, 0) is 6.42 Å². The average Bonchev–Trinajstić information content (AvgIpc) is 2.88. The van der Waals surface area contributed by atoms with Crippen LogP contribution in [0.3, 0.4) is 0 Å². The fourth-order valence-electron chi connectivity index (χ4n) is 3.90. The van der Waals surface area contributed by atoms with E-state index in [9.17, 15) is 0 Å². The average molecular weight is 310 g/mol. The van der Waals surface area contributed by atoms with Gasteiger partial charge in [-0.05, 0) is 71.1 Å². The second kappa shape index (κ2) is 4.53. The second-order valence-corrected chi connectivity index (χ2v) is 6.81. The molecule has 2 saturated carbocycles. The SMILES string of the molecule is COc1ccc(CC2(N)CC3CCC2C3)cc1Br. The van der Waals surface area contributed by atoms with E-state index in [0.29, 0.717) is 0 Å². The highest BCUT2D eigenvalue weighted by Crippen LogP contribution is 2.50. The van der Waals surface area contributed by atoms with E-state index in [0.717, 1.165) is 28.5 Å². The Hall–Kier alpha value is -0.540. The van der Waals surface area contributed by atoms with Gasteiger partial charge in [0.15, 0.2) is 0 Å². The summed E-state index contributed by atoms with van der Waals surface area (Å²) in [5.74, 6) is 2.52. The normalized spacial score (nSPS) is 33.9. The lowest BCUT2D eigenvalue weighted by Gasteiger charge is -2.34. The van der Waals surface area contributed by atoms with Crippen LogP contribution in [0.4, 0.5) is 0 Å². The van der Waals surface area contributed by atoms with Crippen LogP contribution in [0, 0.1) is 11.8 Å². The summed E-state index contributed by atoms with van der Waals surface area (Å²) in [5.41, 5.74) is 8.01. The molecular formula is C15H20BrNO. The fraction of sp³-hybridized carbons (Fsp3) is 0.600. The zero-order valence-corrected chi connectivity index (χ0v) is 12.4. The number of ether oxygens (including phenoxy) is 1. The largest absolute Gasteiger partial charge is 0.496 e. The maximum atomic E-state index is 6.65. The molecule has 3 atom stereocenters. The minimum absolute atomic E-state index is 0.0386. The maximum absolute atomic E-state index is 6.65. The third-order valence-electron chi connectivity index (χ3n) is 4.77. The summed E-state index contributed by atoms with van der Waals surface area (Å²) in [4.78, 5) is 0. The fourth-order valence-corrected chi connectivity index (χ4v) is 4.49. The molecule has 98 valence electrons. The molecule has 2 aliphatic rings. The summed E-state index contributed by atoms with van der Waals surface area (Å²) in [7, 11) is 1.69. The topological polar surface area (TPSA) is 35.2 Å². The van der Waals surface area contributed by atoms with Crippen molar-refractivity contribution in [3.05, 3.63) is 28.2 Å². The van der Waals surface area contributed by atoms with Gasteiger partial charge >= 0.3 is 0 Å². The Morgan fingerprint density at radius 2 is 2.28 bits per heavy atom. The van der Waals surface area contributed by atoms with Crippen LogP contribution in [-0.4, -0.2) is 12.6 Å². The summed E-state index contributed by atoms with van der Waals surface area (Å²) >= 11 is 3.55. The van der Waals surface area contributed by atoms with Crippen LogP contribution >= 0.6 is 15.9 Å². The summed E-state index contributed by atoms with van der Waals surface area (Å²) in [5, 5.41) is 0. The van der Waals surface area contributed by atoms with Crippen molar-refractivity contribution < 1.29 is 4.74 Å². The van der Waals surface area contributed by atoms with Gasteiger partial charge in [-0.1, -0.05) is 12.5 Å². The Labute approximate surface area is 117 Å². The molecule has 18 heavy (non-hydrogen) atoms. The summed E-state index contributed by atoms with van der Waals surface area (Å²) < 4.78 is 6.29. The maximum Gasteiger partial charge on any atom is 0.133 e. The number of halogens is 1. The van der Waals surface area contributed by atoms with Crippen molar-refractivity contribution in [2.45, 2.75) is 37.6 Å². The number of methoxy groups -OCH3 is 1. The van der Waals surface area contributed by atoms with Crippen LogP contribution in [0.1, 0.15) is 31.2 Å². The van der Waals surface area contributed by atoms with Gasteiger partial charge in [0.05, 0.1) is 11.6 Å². The van der Waals surface area contributed by atoms with Gasteiger partial charge in [0.2, 0.25) is 0 Å². The molecule has 3 unspecified atom stereocenters. The first-order chi connectivity index (χ1) is 8.60. The number of benzene rings is 1. The Morgan fingerprint density at radius 3 is 2.83 bits per heavy atom. The molecular weight excluding hydrogens is 290 g/mol. The van der Waals surface area contributed by atoms with E-state index in [2.05, 4.69) is 28.1 Å². The van der Waals surface area contributed by atoms with Crippen LogP contribution in [0.2, 0.25) is 0 Å². The van der Waals surface area contributed by atoms with Crippen molar-refractivity contribution in [3.8, 4) is 5.75 Å². The van der Waals surface area contributed by atoms with Crippen LogP contribution < -0.4 is 10.5 Å². The monoisotopic (exact) mass is 309 g/mol. The highest BCUT2D eigenvalue weighted by atomic mass is 79.9. The van der Waals surface area contributed by atoms with Gasteiger partial charge in [0, 0.05) is 5.54 Å². The molecule has 3 heteroatoms. The number of rotatable bonds is 3. The molecule has 2 bridgehead atoms. The predicted octanol–water partition coefficient (Wildman–Crippen LogP) is 3.52. The van der Waals surface area contributed by atoms with Crippen molar-refractivity contribution in [2.24, 2.45) is 17.6 Å². The third-order valence-corrected chi connectivity index (χ3v) is 5.39. The summed E-state index contributed by atoms with van der Waals surface area (Å²) in [6.07, 6.45) is 6.29. The first-order valence-electron chi connectivity index (χ1n) is 6.72. The first kappa shape index (κ1) is 12.5. The standard InChI is InChI=1S/C15H20BrNO/c1-18-14-5-3-11(7-13(14)16)9-15(17)8-10-2-4-12(15)6-10/h3,5,7,10,12H,2,4,6,8-9,17H2,1H3. The van der Waals surface area contributed by atoms with Crippen LogP contribution in [0.15, 0.2) is 22.7 Å². The van der Waals surface area contributed by atoms with E-state index in [1.165, 1.54) is 31.2 Å². The summed E-state index contributed by atoms with van der Waals surface area (Å²) in [6, 6.07) is 6.32. The zero-order valence-electron chi connectivity index (χ0n) is 10.8. The lowest BCUT2D eigenvalue weighted by molar-refractivity contribution is 0.269. The van der Waals surface area contributed by atoms with Gasteiger partial charge in [-0.15, -0.1) is 0 Å². The number of hydrogen-bond acceptors (Lipinski definition) is 2. The van der Waals surface area contributed by atoms with Gasteiger partial charge in [0.25, 0.3) is 0 Å². The van der Waals surface area contributed by atoms with E-state index < -0.39 is 0 Å². The van der Waals surface area contributed by atoms with E-state index in [1.807, 2.05) is 6.07 Å². The molecule has 0 aliphatic heterocycles. The van der Waals surface area contributed by atoms with Gasteiger partial charge in [-0.25, -0.2) is 0 Å². The molecule has 0 aromatic heterocycles. The van der Waals surface area contributed by atoms with E-state index in [4.69, 9.17) is 10.5 Å². The predicted molar refractivity (Wildman–Crippen MR) is 76.8 cm³/mol. The van der Waals surface area contributed by atoms with Gasteiger partial charge in [-0.2, -0.15) is 0 Å². The lowest BCUT2D eigenvalue weighted by Crippen LogP contribution is -2.46. The molecule has 1 aromatic rings. The number of fused-ring (bicyclic) bond motifs is 2. The van der Waals surface area contributed by atoms with Gasteiger partial charge in [0.1, 0.15) is 5.75 Å². The minimum Gasteiger partial charge on any atom is -0.496 e. The van der Waals surface area contributed by atoms with Crippen molar-refractivity contribution in [1.82, 2.24) is 0 Å².